The molecule has 2 heterocycles. The Balaban J connectivity index is 1.69. The molecule has 0 atom stereocenters. The van der Waals surface area contributed by atoms with Crippen LogP contribution < -0.4 is 10.6 Å². The maximum atomic E-state index is 12.6. The van der Waals surface area contributed by atoms with Crippen LogP contribution in [0.3, 0.4) is 0 Å². The van der Waals surface area contributed by atoms with E-state index in [1.807, 2.05) is 13.0 Å². The van der Waals surface area contributed by atoms with E-state index in [4.69, 9.17) is 5.11 Å². The van der Waals surface area contributed by atoms with Gasteiger partial charge in [-0.05, 0) is 25.1 Å². The average molecular weight is 396 g/mol. The van der Waals surface area contributed by atoms with Gasteiger partial charge in [-0.15, -0.1) is 0 Å². The third-order valence-corrected chi connectivity index (χ3v) is 4.09. The fourth-order valence-electron chi connectivity index (χ4n) is 2.67. The summed E-state index contributed by atoms with van der Waals surface area (Å²) in [6, 6.07) is 10.3. The van der Waals surface area contributed by atoms with E-state index in [-0.39, 0.29) is 35.9 Å². The number of carboxylic acid groups (broad SMARTS) is 1. The average Bonchev–Trinajstić information content (AvgIpc) is 3.34. The summed E-state index contributed by atoms with van der Waals surface area (Å²) in [4.78, 5) is 36.1. The van der Waals surface area contributed by atoms with Gasteiger partial charge in [-0.2, -0.15) is 10.2 Å². The maximum absolute atomic E-state index is 12.6. The largest absolute Gasteiger partial charge is 0.477 e. The van der Waals surface area contributed by atoms with Gasteiger partial charge in [0.2, 0.25) is 5.91 Å². The highest BCUT2D eigenvalue weighted by Crippen LogP contribution is 2.17. The van der Waals surface area contributed by atoms with Gasteiger partial charge in [0, 0.05) is 31.0 Å². The zero-order valence-electron chi connectivity index (χ0n) is 15.7. The first-order chi connectivity index (χ1) is 14.0. The molecule has 0 bridgehead atoms. The monoisotopic (exact) mass is 396 g/mol. The fraction of sp³-hybridized carbons (Fsp3) is 0.211. The fourth-order valence-corrected chi connectivity index (χ4v) is 2.67. The number of benzene rings is 1. The van der Waals surface area contributed by atoms with E-state index in [9.17, 15) is 14.4 Å². The molecule has 2 aromatic heterocycles. The number of carbonyl (C=O) groups excluding carboxylic acids is 2. The lowest BCUT2D eigenvalue weighted by molar-refractivity contribution is -0.116. The Morgan fingerprint density at radius 3 is 2.55 bits per heavy atom. The van der Waals surface area contributed by atoms with Gasteiger partial charge in [-0.1, -0.05) is 18.2 Å². The van der Waals surface area contributed by atoms with Crippen molar-refractivity contribution in [2.45, 2.75) is 26.4 Å². The van der Waals surface area contributed by atoms with Crippen molar-refractivity contribution in [3.05, 3.63) is 60.2 Å². The van der Waals surface area contributed by atoms with E-state index in [0.717, 1.165) is 0 Å². The zero-order valence-corrected chi connectivity index (χ0v) is 15.7. The van der Waals surface area contributed by atoms with E-state index in [1.54, 1.807) is 35.1 Å². The number of rotatable bonds is 8. The lowest BCUT2D eigenvalue weighted by atomic mass is 10.3. The van der Waals surface area contributed by atoms with E-state index in [2.05, 4.69) is 20.8 Å². The highest BCUT2D eigenvalue weighted by atomic mass is 16.4. The quantitative estimate of drug-likeness (QED) is 0.534. The van der Waals surface area contributed by atoms with Crippen molar-refractivity contribution in [2.24, 2.45) is 0 Å². The second kappa shape index (κ2) is 8.83. The molecule has 2 amide bonds. The molecule has 0 fully saturated rings. The van der Waals surface area contributed by atoms with Crippen LogP contribution in [0.2, 0.25) is 0 Å². The summed E-state index contributed by atoms with van der Waals surface area (Å²) in [5, 5.41) is 22.6. The Morgan fingerprint density at radius 2 is 1.86 bits per heavy atom. The molecule has 3 N–H and O–H groups in total. The predicted octanol–water partition coefficient (Wildman–Crippen LogP) is 2.08. The first-order valence-corrected chi connectivity index (χ1v) is 8.96. The van der Waals surface area contributed by atoms with E-state index in [0.29, 0.717) is 12.2 Å². The number of hydrogen-bond acceptors (Lipinski definition) is 5. The molecule has 0 aliphatic heterocycles. The van der Waals surface area contributed by atoms with Crippen LogP contribution in [0, 0.1) is 0 Å². The normalized spacial score (nSPS) is 10.5. The van der Waals surface area contributed by atoms with Crippen molar-refractivity contribution in [1.29, 1.82) is 0 Å². The van der Waals surface area contributed by atoms with Crippen LogP contribution in [-0.2, 0) is 17.9 Å². The summed E-state index contributed by atoms with van der Waals surface area (Å²) in [7, 11) is 0. The molecule has 0 saturated carbocycles. The molecule has 0 unspecified atom stereocenters. The molecule has 10 heteroatoms. The van der Waals surface area contributed by atoms with Crippen LogP contribution in [0.4, 0.5) is 11.4 Å². The molecule has 0 radical (unpaired) electrons. The molecule has 0 spiro atoms. The number of aryl methyl sites for hydroxylation is 2. The number of hydrogen-bond donors (Lipinski definition) is 3. The molecule has 0 aliphatic rings. The van der Waals surface area contributed by atoms with Crippen LogP contribution in [0.5, 0.6) is 0 Å². The number of aromatic nitrogens is 4. The number of amides is 2. The molecule has 1 aromatic carbocycles. The molecule has 10 nitrogen and oxygen atoms in total. The minimum atomic E-state index is -1.12. The molecular weight excluding hydrogens is 376 g/mol. The second-order valence-corrected chi connectivity index (χ2v) is 6.11. The van der Waals surface area contributed by atoms with Crippen LogP contribution in [0.25, 0.3) is 0 Å². The van der Waals surface area contributed by atoms with E-state index in [1.165, 1.54) is 16.9 Å². The van der Waals surface area contributed by atoms with E-state index >= 15 is 0 Å². The van der Waals surface area contributed by atoms with Crippen molar-refractivity contribution in [1.82, 2.24) is 19.6 Å². The SMILES string of the molecule is CCn1cc(NC(=O)CCn2nccc2C(=O)O)c(C(=O)Nc2ccccc2)n1. The number of anilines is 2. The molecule has 3 rings (SSSR count). The lowest BCUT2D eigenvalue weighted by Crippen LogP contribution is -2.20. The van der Waals surface area contributed by atoms with Crippen LogP contribution in [0.15, 0.2) is 48.8 Å². The van der Waals surface area contributed by atoms with Gasteiger partial charge in [0.25, 0.3) is 5.91 Å². The minimum Gasteiger partial charge on any atom is -0.477 e. The molecule has 0 aliphatic carbocycles. The summed E-state index contributed by atoms with van der Waals surface area (Å²) in [6.45, 7) is 2.48. The summed E-state index contributed by atoms with van der Waals surface area (Å²) in [6.07, 6.45) is 2.92. The van der Waals surface area contributed by atoms with Gasteiger partial charge in [-0.25, -0.2) is 4.79 Å². The Labute approximate surface area is 166 Å². The van der Waals surface area contributed by atoms with Gasteiger partial charge < -0.3 is 15.7 Å². The molecule has 29 heavy (non-hydrogen) atoms. The topological polar surface area (TPSA) is 131 Å². The number of aromatic carboxylic acids is 1. The Kier molecular flexibility index (Phi) is 6.03. The number of carbonyl (C=O) groups is 3. The van der Waals surface area contributed by atoms with Crippen molar-refractivity contribution in [2.75, 3.05) is 10.6 Å². The zero-order chi connectivity index (χ0) is 20.8. The molecule has 3 aromatic rings. The Morgan fingerprint density at radius 1 is 1.10 bits per heavy atom. The second-order valence-electron chi connectivity index (χ2n) is 6.11. The predicted molar refractivity (Wildman–Crippen MR) is 105 cm³/mol. The highest BCUT2D eigenvalue weighted by Gasteiger charge is 2.19. The first-order valence-electron chi connectivity index (χ1n) is 8.96. The Bertz CT molecular complexity index is 1020. The van der Waals surface area contributed by atoms with Gasteiger partial charge in [-0.3, -0.25) is 19.0 Å². The number of para-hydroxylation sites is 1. The summed E-state index contributed by atoms with van der Waals surface area (Å²) in [5.74, 6) is -1.95. The number of nitrogens with zero attached hydrogens (tertiary/aromatic N) is 4. The highest BCUT2D eigenvalue weighted by molar-refractivity contribution is 6.08. The van der Waals surface area contributed by atoms with Crippen molar-refractivity contribution >= 4 is 29.2 Å². The summed E-state index contributed by atoms with van der Waals surface area (Å²) >= 11 is 0. The van der Waals surface area contributed by atoms with Crippen molar-refractivity contribution in [3.8, 4) is 0 Å². The van der Waals surface area contributed by atoms with Gasteiger partial charge >= 0.3 is 5.97 Å². The number of carboxylic acids is 1. The first kappa shape index (κ1) is 19.8. The van der Waals surface area contributed by atoms with Gasteiger partial charge in [0.1, 0.15) is 5.69 Å². The molecule has 0 saturated heterocycles. The molecule has 150 valence electrons. The van der Waals surface area contributed by atoms with Crippen LogP contribution in [0.1, 0.15) is 34.3 Å². The summed E-state index contributed by atoms with van der Waals surface area (Å²) < 4.78 is 2.78. The third-order valence-electron chi connectivity index (χ3n) is 4.09. The number of nitrogens with one attached hydrogen (secondary N) is 2. The smallest absolute Gasteiger partial charge is 0.354 e. The minimum absolute atomic E-state index is 0.000435. The Hall–Kier alpha value is -3.95. The van der Waals surface area contributed by atoms with Crippen LogP contribution >= 0.6 is 0 Å². The van der Waals surface area contributed by atoms with E-state index < -0.39 is 11.9 Å². The third kappa shape index (κ3) is 4.86. The molecular formula is C19H20N6O4. The van der Waals surface area contributed by atoms with Crippen molar-refractivity contribution < 1.29 is 19.5 Å². The lowest BCUT2D eigenvalue weighted by Gasteiger charge is -2.07. The maximum Gasteiger partial charge on any atom is 0.354 e. The standard InChI is InChI=1S/C19H20N6O4/c1-2-24-12-14(17(23-24)18(27)21-13-6-4-3-5-7-13)22-16(26)9-11-25-15(19(28)29)8-10-20-25/h3-8,10,12H,2,9,11H2,1H3,(H,21,27)(H,22,26)(H,28,29). The van der Waals surface area contributed by atoms with Gasteiger partial charge in [0.15, 0.2) is 5.69 Å². The van der Waals surface area contributed by atoms with Crippen molar-refractivity contribution in [3.63, 3.8) is 0 Å². The van der Waals surface area contributed by atoms with Crippen LogP contribution in [-0.4, -0.2) is 42.5 Å². The summed E-state index contributed by atoms with van der Waals surface area (Å²) in [5.41, 5.74) is 0.985. The van der Waals surface area contributed by atoms with Gasteiger partial charge in [0.05, 0.1) is 12.2 Å².